The molecule has 0 spiro atoms. The molecular weight excluding hydrogens is 482 g/mol. The summed E-state index contributed by atoms with van der Waals surface area (Å²) in [6, 6.07) is 4.06. The monoisotopic (exact) mass is 491 g/mol. The second-order valence-electron chi connectivity index (χ2n) is 4.74. The minimum Gasteiger partial charge on any atom is -0.378 e. The predicted molar refractivity (Wildman–Crippen MR) is 99.4 cm³/mol. The van der Waals surface area contributed by atoms with E-state index in [9.17, 15) is 0 Å². The maximum Gasteiger partial charge on any atom is 0.194 e. The van der Waals surface area contributed by atoms with Gasteiger partial charge in [0.2, 0.25) is 0 Å². The Morgan fingerprint density at radius 3 is 2.52 bits per heavy atom. The number of imidazole rings is 1. The van der Waals surface area contributed by atoms with Gasteiger partial charge in [0.1, 0.15) is 0 Å². The Morgan fingerprint density at radius 1 is 1.19 bits per heavy atom. The van der Waals surface area contributed by atoms with Crippen LogP contribution < -0.4 is 5.32 Å². The normalized spacial score (nSPS) is 11.3. The molecule has 0 fully saturated rings. The average molecular weight is 494 g/mol. The molecule has 0 unspecified atom stereocenters. The summed E-state index contributed by atoms with van der Waals surface area (Å²) in [5.74, 6) is 0. The van der Waals surface area contributed by atoms with E-state index in [1.807, 2.05) is 12.1 Å². The first-order valence-corrected chi connectivity index (χ1v) is 9.53. The Labute approximate surface area is 152 Å². The zero-order chi connectivity index (χ0) is 15.1. The van der Waals surface area contributed by atoms with Gasteiger partial charge in [-0.2, -0.15) is 0 Å². The van der Waals surface area contributed by atoms with Crippen LogP contribution in [0.2, 0.25) is 0 Å². The van der Waals surface area contributed by atoms with E-state index in [0.29, 0.717) is 0 Å². The van der Waals surface area contributed by atoms with Crippen LogP contribution in [0.4, 0.5) is 5.69 Å². The van der Waals surface area contributed by atoms with Crippen LogP contribution >= 0.6 is 59.1 Å². The van der Waals surface area contributed by atoms with Gasteiger partial charge in [-0.25, -0.2) is 4.98 Å². The van der Waals surface area contributed by atoms with Crippen molar-refractivity contribution < 1.29 is 0 Å². The van der Waals surface area contributed by atoms with Crippen molar-refractivity contribution >= 4 is 69.8 Å². The second kappa shape index (κ2) is 6.02. The predicted octanol–water partition coefficient (Wildman–Crippen LogP) is 5.91. The van der Waals surface area contributed by atoms with Gasteiger partial charge >= 0.3 is 0 Å². The smallest absolute Gasteiger partial charge is 0.194 e. The van der Waals surface area contributed by atoms with E-state index in [2.05, 4.69) is 81.7 Å². The Bertz CT molecular complexity index is 799. The molecule has 0 aliphatic carbocycles. The number of hydrogen-bond acceptors (Lipinski definition) is 3. The molecule has 3 nitrogen and oxygen atoms in total. The summed E-state index contributed by atoms with van der Waals surface area (Å²) < 4.78 is 5.28. The number of hydrogen-bond donors (Lipinski definition) is 1. The molecule has 0 amide bonds. The number of aromatic nitrogens is 2. The first-order valence-electron chi connectivity index (χ1n) is 6.28. The highest BCUT2D eigenvalue weighted by atomic mass is 79.9. The standard InChI is InChI=1S/C14H12Br3N3S/c1-7-6-21-14-19-8(2)12(20(7)14)5-18-13-10(16)3-9(15)4-11(13)17/h3-4,6,18H,5H2,1-2H3. The lowest BCUT2D eigenvalue weighted by Gasteiger charge is -2.12. The largest absolute Gasteiger partial charge is 0.378 e. The molecule has 1 N–H and O–H groups in total. The number of nitrogens with zero attached hydrogens (tertiary/aromatic N) is 2. The number of aryl methyl sites for hydroxylation is 2. The Morgan fingerprint density at radius 2 is 1.86 bits per heavy atom. The molecule has 21 heavy (non-hydrogen) atoms. The minimum absolute atomic E-state index is 0.726. The topological polar surface area (TPSA) is 29.3 Å². The number of anilines is 1. The molecule has 0 aliphatic rings. The summed E-state index contributed by atoms with van der Waals surface area (Å²) >= 11 is 12.4. The zero-order valence-electron chi connectivity index (χ0n) is 11.4. The van der Waals surface area contributed by atoms with Crippen molar-refractivity contribution in [1.82, 2.24) is 9.38 Å². The quantitative estimate of drug-likeness (QED) is 0.491. The summed E-state index contributed by atoms with van der Waals surface area (Å²) in [6.07, 6.45) is 0. The highest BCUT2D eigenvalue weighted by molar-refractivity contribution is 9.11. The molecule has 0 aliphatic heterocycles. The van der Waals surface area contributed by atoms with E-state index in [4.69, 9.17) is 0 Å². The molecule has 2 aromatic heterocycles. The van der Waals surface area contributed by atoms with Crippen molar-refractivity contribution in [3.05, 3.63) is 48.0 Å². The number of fused-ring (bicyclic) bond motifs is 1. The fraction of sp³-hybridized carbons (Fsp3) is 0.214. The van der Waals surface area contributed by atoms with Crippen LogP contribution in [0.3, 0.4) is 0 Å². The molecule has 2 heterocycles. The van der Waals surface area contributed by atoms with Crippen molar-refractivity contribution in [3.8, 4) is 0 Å². The Kier molecular flexibility index (Phi) is 4.45. The Balaban J connectivity index is 1.94. The van der Waals surface area contributed by atoms with Gasteiger partial charge < -0.3 is 5.32 Å². The van der Waals surface area contributed by atoms with E-state index in [1.165, 1.54) is 11.4 Å². The summed E-state index contributed by atoms with van der Waals surface area (Å²) in [7, 11) is 0. The molecule has 0 atom stereocenters. The Hall–Kier alpha value is -0.370. The van der Waals surface area contributed by atoms with Crippen LogP contribution in [0.1, 0.15) is 17.1 Å². The van der Waals surface area contributed by atoms with E-state index < -0.39 is 0 Å². The highest BCUT2D eigenvalue weighted by Crippen LogP contribution is 2.35. The van der Waals surface area contributed by atoms with Crippen LogP contribution in [0.15, 0.2) is 30.9 Å². The van der Waals surface area contributed by atoms with Gasteiger partial charge in [0.15, 0.2) is 4.96 Å². The van der Waals surface area contributed by atoms with Gasteiger partial charge in [-0.15, -0.1) is 11.3 Å². The number of nitrogens with one attached hydrogen (secondary N) is 1. The fourth-order valence-corrected chi connectivity index (χ4v) is 5.73. The maximum absolute atomic E-state index is 4.62. The van der Waals surface area contributed by atoms with Crippen molar-refractivity contribution in [1.29, 1.82) is 0 Å². The first-order chi connectivity index (χ1) is 9.97. The second-order valence-corrected chi connectivity index (χ2v) is 8.20. The lowest BCUT2D eigenvalue weighted by Crippen LogP contribution is -2.05. The van der Waals surface area contributed by atoms with Crippen molar-refractivity contribution in [2.75, 3.05) is 5.32 Å². The van der Waals surface area contributed by atoms with Gasteiger partial charge in [-0.05, 0) is 57.8 Å². The van der Waals surface area contributed by atoms with Gasteiger partial charge in [-0.1, -0.05) is 15.9 Å². The van der Waals surface area contributed by atoms with Crippen molar-refractivity contribution in [2.45, 2.75) is 20.4 Å². The lowest BCUT2D eigenvalue weighted by molar-refractivity contribution is 0.964. The molecule has 0 saturated carbocycles. The molecule has 0 saturated heterocycles. The number of benzene rings is 1. The van der Waals surface area contributed by atoms with Crippen LogP contribution in [0.25, 0.3) is 4.96 Å². The third kappa shape index (κ3) is 2.93. The average Bonchev–Trinajstić information content (AvgIpc) is 2.89. The maximum atomic E-state index is 4.62. The molecule has 3 aromatic rings. The molecule has 110 valence electrons. The zero-order valence-corrected chi connectivity index (χ0v) is 17.0. The van der Waals surface area contributed by atoms with E-state index in [-0.39, 0.29) is 0 Å². The van der Waals surface area contributed by atoms with Crippen molar-refractivity contribution in [2.24, 2.45) is 0 Å². The summed E-state index contributed by atoms with van der Waals surface area (Å²) in [4.78, 5) is 5.67. The first kappa shape index (κ1) is 15.5. The summed E-state index contributed by atoms with van der Waals surface area (Å²) in [5, 5.41) is 5.63. The summed E-state index contributed by atoms with van der Waals surface area (Å²) in [5.41, 5.74) is 4.54. The van der Waals surface area contributed by atoms with Crippen molar-refractivity contribution in [3.63, 3.8) is 0 Å². The van der Waals surface area contributed by atoms with E-state index in [0.717, 1.165) is 36.3 Å². The van der Waals surface area contributed by atoms with Crippen LogP contribution in [0.5, 0.6) is 0 Å². The van der Waals surface area contributed by atoms with Crippen LogP contribution in [-0.4, -0.2) is 9.38 Å². The number of thiazole rings is 1. The van der Waals surface area contributed by atoms with Gasteiger partial charge in [-0.3, -0.25) is 4.40 Å². The van der Waals surface area contributed by atoms with E-state index in [1.54, 1.807) is 11.3 Å². The molecule has 7 heteroatoms. The lowest BCUT2D eigenvalue weighted by atomic mass is 10.3. The van der Waals surface area contributed by atoms with Gasteiger partial charge in [0.05, 0.1) is 23.6 Å². The molecule has 1 aromatic carbocycles. The third-order valence-electron chi connectivity index (χ3n) is 3.27. The van der Waals surface area contributed by atoms with Gasteiger partial charge in [0.25, 0.3) is 0 Å². The number of rotatable bonds is 3. The molecule has 3 rings (SSSR count). The molecular formula is C14H12Br3N3S. The van der Waals surface area contributed by atoms with Crippen LogP contribution in [-0.2, 0) is 6.54 Å². The fourth-order valence-electron chi connectivity index (χ4n) is 2.26. The van der Waals surface area contributed by atoms with Gasteiger partial charge in [0, 0.05) is 24.5 Å². The number of halogens is 3. The van der Waals surface area contributed by atoms with Crippen LogP contribution in [0, 0.1) is 13.8 Å². The summed E-state index contributed by atoms with van der Waals surface area (Å²) in [6.45, 7) is 4.89. The van der Waals surface area contributed by atoms with E-state index >= 15 is 0 Å². The molecule has 0 radical (unpaired) electrons. The SMILES string of the molecule is Cc1nc2scc(C)n2c1CNc1c(Br)cc(Br)cc1Br. The third-order valence-corrected chi connectivity index (χ3v) is 5.92. The highest BCUT2D eigenvalue weighted by Gasteiger charge is 2.13. The molecule has 0 bridgehead atoms. The minimum atomic E-state index is 0.726.